The molecule has 0 spiro atoms. The van der Waals surface area contributed by atoms with E-state index in [1.54, 1.807) is 12.4 Å². The van der Waals surface area contributed by atoms with E-state index in [9.17, 15) is 4.79 Å². The van der Waals surface area contributed by atoms with Crippen molar-refractivity contribution in [2.75, 3.05) is 5.32 Å². The van der Waals surface area contributed by atoms with Gasteiger partial charge in [-0.1, -0.05) is 6.07 Å². The van der Waals surface area contributed by atoms with E-state index in [1.807, 2.05) is 31.3 Å². The van der Waals surface area contributed by atoms with Gasteiger partial charge in [0.05, 0.1) is 11.1 Å². The normalized spacial score (nSPS) is 15.7. The van der Waals surface area contributed by atoms with Crippen LogP contribution < -0.4 is 5.32 Å². The maximum Gasteiger partial charge on any atom is 0.257 e. The highest BCUT2D eigenvalue weighted by Crippen LogP contribution is 2.35. The number of imidazole rings is 1. The minimum absolute atomic E-state index is 0.111. The molecule has 5 nitrogen and oxygen atoms in total. The first kappa shape index (κ1) is 14.8. The number of H-pyrrole nitrogens is 1. The molecule has 0 fully saturated rings. The summed E-state index contributed by atoms with van der Waals surface area (Å²) in [4.78, 5) is 20.5. The van der Waals surface area contributed by atoms with Crippen molar-refractivity contribution in [2.24, 2.45) is 0 Å². The smallest absolute Gasteiger partial charge is 0.257 e. The summed E-state index contributed by atoms with van der Waals surface area (Å²) in [7, 11) is 0. The highest BCUT2D eigenvalue weighted by atomic mass is 16.1. The molecule has 24 heavy (non-hydrogen) atoms. The molecule has 1 aromatic carbocycles. The first-order chi connectivity index (χ1) is 11.5. The van der Waals surface area contributed by atoms with Crippen LogP contribution in [0, 0.1) is 13.8 Å². The number of hydrogen-bond donors (Lipinski definition) is 2. The molecule has 0 bridgehead atoms. The van der Waals surface area contributed by atoms with Crippen molar-refractivity contribution in [1.82, 2.24) is 14.5 Å². The van der Waals surface area contributed by atoms with Crippen LogP contribution in [0.5, 0.6) is 0 Å². The minimum atomic E-state index is -0.111. The molecule has 0 radical (unpaired) electrons. The molecule has 2 N–H and O–H groups in total. The fourth-order valence-electron chi connectivity index (χ4n) is 3.34. The molecule has 0 saturated carbocycles. The Labute approximate surface area is 140 Å². The SMILES string of the molecule is Cc1ccc(NC(=O)c2c[nH]c3c2-c2nccn2[C@H](C)C3)cc1C. The molecule has 0 saturated heterocycles. The average Bonchev–Trinajstić information content (AvgIpc) is 3.17. The van der Waals surface area contributed by atoms with Gasteiger partial charge in [-0.3, -0.25) is 4.79 Å². The van der Waals surface area contributed by atoms with Gasteiger partial charge < -0.3 is 14.9 Å². The topological polar surface area (TPSA) is 62.7 Å². The third kappa shape index (κ3) is 2.24. The highest BCUT2D eigenvalue weighted by molar-refractivity contribution is 6.08. The third-order valence-corrected chi connectivity index (χ3v) is 4.84. The van der Waals surface area contributed by atoms with Gasteiger partial charge in [0, 0.05) is 42.4 Å². The molecule has 4 rings (SSSR count). The predicted octanol–water partition coefficient (Wildman–Crippen LogP) is 3.86. The first-order valence-corrected chi connectivity index (χ1v) is 8.16. The van der Waals surface area contributed by atoms with Crippen molar-refractivity contribution in [3.8, 4) is 11.4 Å². The van der Waals surface area contributed by atoms with Crippen LogP contribution in [0.15, 0.2) is 36.8 Å². The highest BCUT2D eigenvalue weighted by Gasteiger charge is 2.28. The average molecular weight is 320 g/mol. The van der Waals surface area contributed by atoms with E-state index >= 15 is 0 Å². The van der Waals surface area contributed by atoms with E-state index in [-0.39, 0.29) is 5.91 Å². The zero-order valence-electron chi connectivity index (χ0n) is 14.1. The third-order valence-electron chi connectivity index (χ3n) is 4.84. The van der Waals surface area contributed by atoms with Crippen LogP contribution >= 0.6 is 0 Å². The van der Waals surface area contributed by atoms with Crippen LogP contribution in [0.4, 0.5) is 5.69 Å². The van der Waals surface area contributed by atoms with Gasteiger partial charge in [0.2, 0.25) is 0 Å². The van der Waals surface area contributed by atoms with Crippen molar-refractivity contribution in [1.29, 1.82) is 0 Å². The quantitative estimate of drug-likeness (QED) is 0.753. The van der Waals surface area contributed by atoms with Gasteiger partial charge in [-0.15, -0.1) is 0 Å². The summed E-state index contributed by atoms with van der Waals surface area (Å²) in [6.45, 7) is 6.26. The standard InChI is InChI=1S/C19H20N4O/c1-11-4-5-14(8-12(11)2)22-19(24)15-10-21-16-9-13(3)23-7-6-20-18(23)17(15)16/h4-8,10,13,21H,9H2,1-3H3,(H,22,24)/t13-/m1/s1. The molecule has 1 atom stereocenters. The molecule has 5 heteroatoms. The number of carbonyl (C=O) groups excluding carboxylic acids is 1. The number of nitrogens with one attached hydrogen (secondary N) is 2. The molecule has 1 amide bonds. The lowest BCUT2D eigenvalue weighted by Crippen LogP contribution is -2.18. The largest absolute Gasteiger partial charge is 0.364 e. The zero-order chi connectivity index (χ0) is 16.8. The van der Waals surface area contributed by atoms with Crippen molar-refractivity contribution < 1.29 is 4.79 Å². The molecule has 3 heterocycles. The number of hydrogen-bond acceptors (Lipinski definition) is 2. The van der Waals surface area contributed by atoms with Crippen LogP contribution in [0.3, 0.4) is 0 Å². The van der Waals surface area contributed by atoms with Gasteiger partial charge >= 0.3 is 0 Å². The summed E-state index contributed by atoms with van der Waals surface area (Å²) in [5.41, 5.74) is 5.82. The Morgan fingerprint density at radius 1 is 1.33 bits per heavy atom. The molecule has 1 aliphatic rings. The van der Waals surface area contributed by atoms with E-state index in [0.717, 1.165) is 34.8 Å². The van der Waals surface area contributed by atoms with E-state index in [4.69, 9.17) is 0 Å². The molecule has 2 aromatic heterocycles. The Bertz CT molecular complexity index is 935. The first-order valence-electron chi connectivity index (χ1n) is 8.16. The predicted molar refractivity (Wildman–Crippen MR) is 94.3 cm³/mol. The second kappa shape index (κ2) is 5.37. The second-order valence-corrected chi connectivity index (χ2v) is 6.52. The molecule has 3 aromatic rings. The fraction of sp³-hybridized carbons (Fsp3) is 0.263. The van der Waals surface area contributed by atoms with Gasteiger partial charge in [-0.2, -0.15) is 0 Å². The van der Waals surface area contributed by atoms with Crippen LogP contribution in [0.2, 0.25) is 0 Å². The van der Waals surface area contributed by atoms with Crippen molar-refractivity contribution >= 4 is 11.6 Å². The molecular formula is C19H20N4O. The van der Waals surface area contributed by atoms with Gasteiger partial charge in [0.1, 0.15) is 5.82 Å². The van der Waals surface area contributed by atoms with Crippen molar-refractivity contribution in [3.63, 3.8) is 0 Å². The summed E-state index contributed by atoms with van der Waals surface area (Å²) in [5, 5.41) is 3.00. The van der Waals surface area contributed by atoms with E-state index in [1.165, 1.54) is 5.56 Å². The zero-order valence-corrected chi connectivity index (χ0v) is 14.1. The molecule has 122 valence electrons. The van der Waals surface area contributed by atoms with Gasteiger partial charge in [0.25, 0.3) is 5.91 Å². The fourth-order valence-corrected chi connectivity index (χ4v) is 3.34. The summed E-state index contributed by atoms with van der Waals surface area (Å²) < 4.78 is 2.13. The number of benzene rings is 1. The Morgan fingerprint density at radius 3 is 2.96 bits per heavy atom. The number of nitrogens with zero attached hydrogens (tertiary/aromatic N) is 2. The van der Waals surface area contributed by atoms with E-state index in [0.29, 0.717) is 11.6 Å². The second-order valence-electron chi connectivity index (χ2n) is 6.52. The van der Waals surface area contributed by atoms with Crippen LogP contribution in [-0.2, 0) is 6.42 Å². The summed E-state index contributed by atoms with van der Waals surface area (Å²) >= 11 is 0. The molecular weight excluding hydrogens is 300 g/mol. The maximum absolute atomic E-state index is 12.8. The Morgan fingerprint density at radius 2 is 2.17 bits per heavy atom. The Hall–Kier alpha value is -2.82. The maximum atomic E-state index is 12.8. The molecule has 0 unspecified atom stereocenters. The number of anilines is 1. The number of carbonyl (C=O) groups is 1. The number of fused-ring (bicyclic) bond motifs is 3. The number of aryl methyl sites for hydroxylation is 2. The lowest BCUT2D eigenvalue weighted by Gasteiger charge is -2.22. The number of amides is 1. The van der Waals surface area contributed by atoms with E-state index in [2.05, 4.69) is 33.7 Å². The molecule has 1 aliphatic heterocycles. The van der Waals surface area contributed by atoms with Crippen LogP contribution in [0.25, 0.3) is 11.4 Å². The van der Waals surface area contributed by atoms with Gasteiger partial charge in [-0.25, -0.2) is 4.98 Å². The van der Waals surface area contributed by atoms with Crippen LogP contribution in [-0.4, -0.2) is 20.4 Å². The minimum Gasteiger partial charge on any atom is -0.364 e. The van der Waals surface area contributed by atoms with E-state index < -0.39 is 0 Å². The Balaban J connectivity index is 1.69. The van der Waals surface area contributed by atoms with Gasteiger partial charge in [-0.05, 0) is 44.0 Å². The number of aromatic nitrogens is 3. The Kier molecular flexibility index (Phi) is 3.30. The summed E-state index contributed by atoms with van der Waals surface area (Å²) in [6.07, 6.45) is 6.42. The monoisotopic (exact) mass is 320 g/mol. The lowest BCUT2D eigenvalue weighted by molar-refractivity contribution is 0.102. The summed E-state index contributed by atoms with van der Waals surface area (Å²) in [6, 6.07) is 6.29. The number of aromatic amines is 1. The van der Waals surface area contributed by atoms with Crippen molar-refractivity contribution in [2.45, 2.75) is 33.2 Å². The van der Waals surface area contributed by atoms with Gasteiger partial charge in [0.15, 0.2) is 0 Å². The van der Waals surface area contributed by atoms with Crippen LogP contribution in [0.1, 0.15) is 40.1 Å². The lowest BCUT2D eigenvalue weighted by atomic mass is 10.00. The van der Waals surface area contributed by atoms with Crippen molar-refractivity contribution in [3.05, 3.63) is 59.2 Å². The number of rotatable bonds is 2. The molecule has 0 aliphatic carbocycles. The summed E-state index contributed by atoms with van der Waals surface area (Å²) in [5.74, 6) is 0.745.